The highest BCUT2D eigenvalue weighted by atomic mass is 32.2. The van der Waals surface area contributed by atoms with Gasteiger partial charge in [0.2, 0.25) is 10.0 Å². The minimum absolute atomic E-state index is 0.132. The van der Waals surface area contributed by atoms with E-state index in [1.54, 1.807) is 28.5 Å². The van der Waals surface area contributed by atoms with Gasteiger partial charge in [-0.25, -0.2) is 13.4 Å². The van der Waals surface area contributed by atoms with Gasteiger partial charge in [0.15, 0.2) is 0 Å². The van der Waals surface area contributed by atoms with Crippen molar-refractivity contribution in [1.29, 1.82) is 0 Å². The Morgan fingerprint density at radius 3 is 2.46 bits per heavy atom. The number of carbonyl (C=O) groups is 1. The number of rotatable bonds is 3. The van der Waals surface area contributed by atoms with Crippen molar-refractivity contribution in [1.82, 2.24) is 14.2 Å². The first-order valence-corrected chi connectivity index (χ1v) is 9.98. The lowest BCUT2D eigenvalue weighted by Gasteiger charge is -2.33. The first kappa shape index (κ1) is 17.1. The molecule has 1 aromatic carbocycles. The van der Waals surface area contributed by atoms with Gasteiger partial charge in [-0.3, -0.25) is 4.79 Å². The fraction of sp³-hybridized carbons (Fsp3) is 0.375. The standard InChI is InChI=1S/C16H19N3O3S2/c1-12-4-3-5-14(10-12)24(21,22)19-8-6-18(7-9-19)16(20)15-11-23-13(2)17-15/h3-5,10-11H,6-9H2,1-2H3. The molecule has 1 fully saturated rings. The van der Waals surface area contributed by atoms with Crippen molar-refractivity contribution in [2.24, 2.45) is 0 Å². The Balaban J connectivity index is 1.69. The lowest BCUT2D eigenvalue weighted by Crippen LogP contribution is -2.50. The molecule has 8 heteroatoms. The number of thiazole rings is 1. The monoisotopic (exact) mass is 365 g/mol. The molecular formula is C16H19N3O3S2. The number of piperazine rings is 1. The van der Waals surface area contributed by atoms with Crippen LogP contribution in [-0.2, 0) is 10.0 Å². The summed E-state index contributed by atoms with van der Waals surface area (Å²) >= 11 is 1.44. The Morgan fingerprint density at radius 1 is 1.17 bits per heavy atom. The summed E-state index contributed by atoms with van der Waals surface area (Å²) < 4.78 is 26.8. The molecule has 128 valence electrons. The van der Waals surface area contributed by atoms with Crippen molar-refractivity contribution in [2.75, 3.05) is 26.2 Å². The van der Waals surface area contributed by atoms with Crippen molar-refractivity contribution in [3.8, 4) is 0 Å². The van der Waals surface area contributed by atoms with Crippen LogP contribution in [-0.4, -0.2) is 54.7 Å². The van der Waals surface area contributed by atoms with Crippen LogP contribution in [0, 0.1) is 13.8 Å². The molecule has 0 atom stereocenters. The minimum Gasteiger partial charge on any atom is -0.335 e. The van der Waals surface area contributed by atoms with Crippen LogP contribution in [0.25, 0.3) is 0 Å². The predicted molar refractivity (Wildman–Crippen MR) is 92.7 cm³/mol. The molecule has 0 saturated carbocycles. The Kier molecular flexibility index (Phi) is 4.71. The van der Waals surface area contributed by atoms with E-state index >= 15 is 0 Å². The first-order valence-electron chi connectivity index (χ1n) is 7.66. The number of nitrogens with zero attached hydrogens (tertiary/aromatic N) is 3. The summed E-state index contributed by atoms with van der Waals surface area (Å²) in [5.74, 6) is -0.132. The van der Waals surface area contributed by atoms with E-state index in [9.17, 15) is 13.2 Å². The Hall–Kier alpha value is -1.77. The number of hydrogen-bond acceptors (Lipinski definition) is 5. The third-order valence-electron chi connectivity index (χ3n) is 3.99. The molecule has 0 aliphatic carbocycles. The van der Waals surface area contributed by atoms with E-state index in [0.717, 1.165) is 10.6 Å². The SMILES string of the molecule is Cc1cccc(S(=O)(=O)N2CCN(C(=O)c3csc(C)n3)CC2)c1. The lowest BCUT2D eigenvalue weighted by atomic mass is 10.2. The minimum atomic E-state index is -3.51. The third-order valence-corrected chi connectivity index (χ3v) is 6.66. The summed E-state index contributed by atoms with van der Waals surface area (Å²) in [6.07, 6.45) is 0. The van der Waals surface area contributed by atoms with Gasteiger partial charge < -0.3 is 4.90 Å². The molecule has 1 saturated heterocycles. The van der Waals surface area contributed by atoms with Gasteiger partial charge >= 0.3 is 0 Å². The van der Waals surface area contributed by atoms with Gasteiger partial charge in [-0.2, -0.15) is 4.31 Å². The fourth-order valence-electron chi connectivity index (χ4n) is 2.68. The summed E-state index contributed by atoms with van der Waals surface area (Å²) in [6, 6.07) is 6.89. The van der Waals surface area contributed by atoms with Crippen molar-refractivity contribution >= 4 is 27.3 Å². The van der Waals surface area contributed by atoms with Gasteiger partial charge in [-0.15, -0.1) is 11.3 Å². The normalized spacial score (nSPS) is 16.3. The largest absolute Gasteiger partial charge is 0.335 e. The third kappa shape index (κ3) is 3.35. The van der Waals surface area contributed by atoms with Crippen LogP contribution in [0.15, 0.2) is 34.5 Å². The molecule has 1 aliphatic rings. The predicted octanol–water partition coefficient (Wildman–Crippen LogP) is 1.91. The molecular weight excluding hydrogens is 346 g/mol. The number of carbonyl (C=O) groups excluding carboxylic acids is 1. The van der Waals surface area contributed by atoms with Gasteiger partial charge in [-0.1, -0.05) is 12.1 Å². The van der Waals surface area contributed by atoms with Gasteiger partial charge in [0.25, 0.3) is 5.91 Å². The average molecular weight is 365 g/mol. The zero-order valence-electron chi connectivity index (χ0n) is 13.6. The maximum absolute atomic E-state index is 12.7. The number of aryl methyl sites for hydroxylation is 2. The molecule has 3 rings (SSSR count). The maximum Gasteiger partial charge on any atom is 0.273 e. The van der Waals surface area contributed by atoms with Crippen LogP contribution in [0.3, 0.4) is 0 Å². The molecule has 2 heterocycles. The lowest BCUT2D eigenvalue weighted by molar-refractivity contribution is 0.0692. The molecule has 0 spiro atoms. The van der Waals surface area contributed by atoms with Crippen LogP contribution in [0.1, 0.15) is 21.1 Å². The average Bonchev–Trinajstić information content (AvgIpc) is 3.01. The van der Waals surface area contributed by atoms with Gasteiger partial charge in [0.05, 0.1) is 9.90 Å². The molecule has 2 aromatic rings. The van der Waals surface area contributed by atoms with Crippen LogP contribution in [0.5, 0.6) is 0 Å². The Labute approximate surface area is 145 Å². The van der Waals surface area contributed by atoms with Crippen LogP contribution in [0.2, 0.25) is 0 Å². The molecule has 6 nitrogen and oxygen atoms in total. The number of hydrogen-bond donors (Lipinski definition) is 0. The molecule has 0 radical (unpaired) electrons. The van der Waals surface area contributed by atoms with Crippen molar-refractivity contribution in [3.05, 3.63) is 45.9 Å². The summed E-state index contributed by atoms with van der Waals surface area (Å²) in [5.41, 5.74) is 1.34. The summed E-state index contributed by atoms with van der Waals surface area (Å²) in [7, 11) is -3.51. The van der Waals surface area contributed by atoms with E-state index in [0.29, 0.717) is 36.8 Å². The van der Waals surface area contributed by atoms with Crippen molar-refractivity contribution < 1.29 is 13.2 Å². The number of amides is 1. The van der Waals surface area contributed by atoms with Gasteiger partial charge in [0.1, 0.15) is 5.69 Å². The second-order valence-corrected chi connectivity index (χ2v) is 8.76. The van der Waals surface area contributed by atoms with Crippen molar-refractivity contribution in [3.63, 3.8) is 0 Å². The summed E-state index contributed by atoms with van der Waals surface area (Å²) in [5, 5.41) is 2.59. The Bertz CT molecular complexity index is 853. The second-order valence-electron chi connectivity index (χ2n) is 5.76. The van der Waals surface area contributed by atoms with E-state index in [1.165, 1.54) is 15.6 Å². The molecule has 0 unspecified atom stereocenters. The zero-order valence-corrected chi connectivity index (χ0v) is 15.2. The zero-order chi connectivity index (χ0) is 17.3. The van der Waals surface area contributed by atoms with Gasteiger partial charge in [0, 0.05) is 31.6 Å². The first-order chi connectivity index (χ1) is 11.4. The highest BCUT2D eigenvalue weighted by molar-refractivity contribution is 7.89. The number of sulfonamides is 1. The maximum atomic E-state index is 12.7. The van der Waals surface area contributed by atoms with Crippen LogP contribution in [0.4, 0.5) is 0 Å². The van der Waals surface area contributed by atoms with E-state index in [-0.39, 0.29) is 5.91 Å². The smallest absolute Gasteiger partial charge is 0.273 e. The van der Waals surface area contributed by atoms with E-state index < -0.39 is 10.0 Å². The highest BCUT2D eigenvalue weighted by Gasteiger charge is 2.30. The molecule has 0 bridgehead atoms. The molecule has 24 heavy (non-hydrogen) atoms. The van der Waals surface area contributed by atoms with Gasteiger partial charge in [-0.05, 0) is 31.5 Å². The van der Waals surface area contributed by atoms with E-state index in [1.807, 2.05) is 19.9 Å². The summed E-state index contributed by atoms with van der Waals surface area (Å²) in [6.45, 7) is 5.07. The molecule has 1 aromatic heterocycles. The van der Waals surface area contributed by atoms with Crippen LogP contribution < -0.4 is 0 Å². The summed E-state index contributed by atoms with van der Waals surface area (Å²) in [4.78, 5) is 18.6. The number of aromatic nitrogens is 1. The quantitative estimate of drug-likeness (QED) is 0.833. The van der Waals surface area contributed by atoms with E-state index in [2.05, 4.69) is 4.98 Å². The fourth-order valence-corrected chi connectivity index (χ4v) is 4.79. The second kappa shape index (κ2) is 6.62. The highest BCUT2D eigenvalue weighted by Crippen LogP contribution is 2.19. The number of benzene rings is 1. The molecule has 0 N–H and O–H groups in total. The molecule has 1 amide bonds. The van der Waals surface area contributed by atoms with Crippen LogP contribution >= 0.6 is 11.3 Å². The topological polar surface area (TPSA) is 70.6 Å². The molecule has 1 aliphatic heterocycles. The van der Waals surface area contributed by atoms with E-state index in [4.69, 9.17) is 0 Å². The Morgan fingerprint density at radius 2 is 1.88 bits per heavy atom. The van der Waals surface area contributed by atoms with Crippen molar-refractivity contribution in [2.45, 2.75) is 18.7 Å².